The molecule has 0 aliphatic carbocycles. The van der Waals surface area contributed by atoms with Gasteiger partial charge >= 0.3 is 5.97 Å². The molecule has 0 radical (unpaired) electrons. The van der Waals surface area contributed by atoms with E-state index in [4.69, 9.17) is 27.9 Å². The lowest BCUT2D eigenvalue weighted by Crippen LogP contribution is -2.30. The first kappa shape index (κ1) is 19.1. The Bertz CT molecular complexity index is 982. The number of hydrogen-bond acceptors (Lipinski definition) is 4. The van der Waals surface area contributed by atoms with E-state index in [2.05, 4.69) is 10.3 Å². The smallest absolute Gasteiger partial charge is 0.311 e. The summed E-state index contributed by atoms with van der Waals surface area (Å²) in [6, 6.07) is 14.0. The Kier molecular flexibility index (Phi) is 5.94. The van der Waals surface area contributed by atoms with Crippen molar-refractivity contribution in [2.45, 2.75) is 19.4 Å². The molecule has 1 unspecified atom stereocenters. The molecule has 0 saturated carbocycles. The number of rotatable bonds is 5. The molecule has 0 aliphatic heterocycles. The number of benzene rings is 2. The lowest BCUT2D eigenvalue weighted by Gasteiger charge is -2.15. The summed E-state index contributed by atoms with van der Waals surface area (Å²) in [5.41, 5.74) is 1.83. The molecule has 0 saturated heterocycles. The van der Waals surface area contributed by atoms with Crippen molar-refractivity contribution in [1.82, 2.24) is 4.98 Å². The number of ether oxygens (including phenoxy) is 1. The van der Waals surface area contributed by atoms with Crippen LogP contribution in [0, 0.1) is 0 Å². The van der Waals surface area contributed by atoms with Crippen LogP contribution in [0.4, 0.5) is 5.69 Å². The average molecular weight is 403 g/mol. The Morgan fingerprint density at radius 1 is 1.07 bits per heavy atom. The minimum Gasteiger partial charge on any atom is -0.452 e. The number of nitrogens with zero attached hydrogens (tertiary/aromatic N) is 1. The second-order valence-corrected chi connectivity index (χ2v) is 6.69. The Labute approximate surface area is 166 Å². The number of aromatic nitrogens is 1. The van der Waals surface area contributed by atoms with Crippen LogP contribution in [0.2, 0.25) is 10.0 Å². The maximum atomic E-state index is 12.4. The van der Waals surface area contributed by atoms with Gasteiger partial charge in [0.15, 0.2) is 6.10 Å². The summed E-state index contributed by atoms with van der Waals surface area (Å²) in [5.74, 6) is -1.03. The number of carbonyl (C=O) groups is 2. The van der Waals surface area contributed by atoms with Gasteiger partial charge in [0.05, 0.1) is 17.6 Å². The van der Waals surface area contributed by atoms with E-state index in [0.717, 1.165) is 10.9 Å². The molecule has 1 atom stereocenters. The molecule has 138 valence electrons. The predicted octanol–water partition coefficient (Wildman–Crippen LogP) is 4.65. The van der Waals surface area contributed by atoms with Crippen molar-refractivity contribution in [2.24, 2.45) is 0 Å². The minimum absolute atomic E-state index is 0.117. The highest BCUT2D eigenvalue weighted by molar-refractivity contribution is 6.36. The van der Waals surface area contributed by atoms with Gasteiger partial charge in [-0.05, 0) is 43.3 Å². The summed E-state index contributed by atoms with van der Waals surface area (Å²) >= 11 is 12.1. The molecule has 1 heterocycles. The molecule has 3 rings (SSSR count). The molecule has 2 aromatic carbocycles. The van der Waals surface area contributed by atoms with Gasteiger partial charge in [0.1, 0.15) is 0 Å². The highest BCUT2D eigenvalue weighted by Gasteiger charge is 2.20. The van der Waals surface area contributed by atoms with Gasteiger partial charge in [0.2, 0.25) is 0 Å². The van der Waals surface area contributed by atoms with Crippen LogP contribution in [-0.4, -0.2) is 23.0 Å². The monoisotopic (exact) mass is 402 g/mol. The molecular formula is C20H16Cl2N2O3. The molecule has 7 heteroatoms. The molecule has 0 fully saturated rings. The second-order valence-electron chi connectivity index (χ2n) is 5.87. The third-order valence-corrected chi connectivity index (χ3v) is 4.67. The second kappa shape index (κ2) is 8.37. The van der Waals surface area contributed by atoms with Gasteiger partial charge in [-0.15, -0.1) is 0 Å². The van der Waals surface area contributed by atoms with Crippen LogP contribution < -0.4 is 5.32 Å². The SMILES string of the molecule is CC(OC(=O)Cc1c(Cl)cccc1Cl)C(=O)Nc1cccc2ncccc12. The molecule has 1 amide bonds. The number of amides is 1. The van der Waals surface area contributed by atoms with Gasteiger partial charge < -0.3 is 10.1 Å². The van der Waals surface area contributed by atoms with E-state index in [9.17, 15) is 9.59 Å². The number of esters is 1. The highest BCUT2D eigenvalue weighted by Crippen LogP contribution is 2.25. The average Bonchev–Trinajstić information content (AvgIpc) is 2.65. The fraction of sp³-hybridized carbons (Fsp3) is 0.150. The molecule has 0 bridgehead atoms. The van der Waals surface area contributed by atoms with E-state index in [0.29, 0.717) is 21.3 Å². The first-order chi connectivity index (χ1) is 13.0. The lowest BCUT2D eigenvalue weighted by atomic mass is 10.1. The first-order valence-electron chi connectivity index (χ1n) is 8.22. The number of fused-ring (bicyclic) bond motifs is 1. The van der Waals surface area contributed by atoms with Crippen molar-refractivity contribution in [2.75, 3.05) is 5.32 Å². The minimum atomic E-state index is -0.981. The van der Waals surface area contributed by atoms with Crippen LogP contribution in [0.15, 0.2) is 54.7 Å². The first-order valence-corrected chi connectivity index (χ1v) is 8.98. The largest absolute Gasteiger partial charge is 0.452 e. The molecule has 1 aromatic heterocycles. The number of anilines is 1. The van der Waals surface area contributed by atoms with Crippen LogP contribution >= 0.6 is 23.2 Å². The van der Waals surface area contributed by atoms with E-state index in [-0.39, 0.29) is 6.42 Å². The summed E-state index contributed by atoms with van der Waals surface area (Å²) < 4.78 is 5.23. The van der Waals surface area contributed by atoms with Crippen molar-refractivity contribution in [3.8, 4) is 0 Å². The Balaban J connectivity index is 1.66. The Morgan fingerprint density at radius 3 is 2.52 bits per heavy atom. The van der Waals surface area contributed by atoms with Crippen LogP contribution in [0.1, 0.15) is 12.5 Å². The molecule has 1 N–H and O–H groups in total. The summed E-state index contributed by atoms with van der Waals surface area (Å²) in [4.78, 5) is 28.8. The summed E-state index contributed by atoms with van der Waals surface area (Å²) in [6.45, 7) is 1.50. The number of halogens is 2. The summed E-state index contributed by atoms with van der Waals surface area (Å²) in [7, 11) is 0. The van der Waals surface area contributed by atoms with Crippen LogP contribution in [0.25, 0.3) is 10.9 Å². The molecule has 0 aliphatic rings. The number of carbonyl (C=O) groups excluding carboxylic acids is 2. The molecule has 27 heavy (non-hydrogen) atoms. The Morgan fingerprint density at radius 2 is 1.78 bits per heavy atom. The molecule has 0 spiro atoms. The predicted molar refractivity (Wildman–Crippen MR) is 106 cm³/mol. The Hall–Kier alpha value is -2.63. The zero-order chi connectivity index (χ0) is 19.4. The fourth-order valence-corrected chi connectivity index (χ4v) is 3.12. The van der Waals surface area contributed by atoms with Crippen molar-refractivity contribution in [3.63, 3.8) is 0 Å². The third-order valence-electron chi connectivity index (χ3n) is 3.96. The number of nitrogens with one attached hydrogen (secondary N) is 1. The van der Waals surface area contributed by atoms with E-state index in [1.807, 2.05) is 12.1 Å². The zero-order valence-electron chi connectivity index (χ0n) is 14.4. The fourth-order valence-electron chi connectivity index (χ4n) is 2.58. The summed E-state index contributed by atoms with van der Waals surface area (Å²) in [6.07, 6.45) is 0.581. The highest BCUT2D eigenvalue weighted by atomic mass is 35.5. The number of pyridine rings is 1. The molecular weight excluding hydrogens is 387 g/mol. The zero-order valence-corrected chi connectivity index (χ0v) is 15.9. The van der Waals surface area contributed by atoms with Gasteiger partial charge in [-0.3, -0.25) is 14.6 Å². The van der Waals surface area contributed by atoms with Gasteiger partial charge in [-0.1, -0.05) is 35.3 Å². The van der Waals surface area contributed by atoms with Crippen molar-refractivity contribution in [1.29, 1.82) is 0 Å². The van der Waals surface area contributed by atoms with Gasteiger partial charge in [0, 0.05) is 27.2 Å². The van der Waals surface area contributed by atoms with Crippen LogP contribution in [0.3, 0.4) is 0 Å². The van der Waals surface area contributed by atoms with Gasteiger partial charge in [-0.25, -0.2) is 0 Å². The topological polar surface area (TPSA) is 68.3 Å². The van der Waals surface area contributed by atoms with E-state index >= 15 is 0 Å². The van der Waals surface area contributed by atoms with Crippen molar-refractivity contribution in [3.05, 3.63) is 70.3 Å². The van der Waals surface area contributed by atoms with Crippen molar-refractivity contribution < 1.29 is 14.3 Å². The standard InChI is InChI=1S/C20H16Cl2N2O3/c1-12(27-19(25)11-14-15(21)6-2-7-16(14)22)20(26)24-18-9-3-8-17-13(18)5-4-10-23-17/h2-10,12H,11H2,1H3,(H,24,26). The summed E-state index contributed by atoms with van der Waals surface area (Å²) in [5, 5.41) is 4.32. The number of hydrogen-bond donors (Lipinski definition) is 1. The van der Waals surface area contributed by atoms with Crippen LogP contribution in [-0.2, 0) is 20.7 Å². The van der Waals surface area contributed by atoms with E-state index < -0.39 is 18.0 Å². The van der Waals surface area contributed by atoms with E-state index in [1.165, 1.54) is 6.92 Å². The molecule has 3 aromatic rings. The maximum absolute atomic E-state index is 12.4. The maximum Gasteiger partial charge on any atom is 0.311 e. The molecule has 5 nitrogen and oxygen atoms in total. The lowest BCUT2D eigenvalue weighted by molar-refractivity contribution is -0.152. The van der Waals surface area contributed by atoms with E-state index in [1.54, 1.807) is 42.6 Å². The van der Waals surface area contributed by atoms with Gasteiger partial charge in [0.25, 0.3) is 5.91 Å². The van der Waals surface area contributed by atoms with Crippen molar-refractivity contribution >= 4 is 51.7 Å². The van der Waals surface area contributed by atoms with Crippen LogP contribution in [0.5, 0.6) is 0 Å². The van der Waals surface area contributed by atoms with Gasteiger partial charge in [-0.2, -0.15) is 0 Å². The quantitative estimate of drug-likeness (QED) is 0.630. The third kappa shape index (κ3) is 4.56. The normalized spacial score (nSPS) is 11.8.